The van der Waals surface area contributed by atoms with E-state index in [4.69, 9.17) is 9.47 Å². The number of carbonyl (C=O) groups excluding carboxylic acids is 1. The molecule has 6 nitrogen and oxygen atoms in total. The molecule has 0 aliphatic carbocycles. The first-order chi connectivity index (χ1) is 13.8. The number of halogens is 3. The first kappa shape index (κ1) is 21.4. The lowest BCUT2D eigenvalue weighted by Gasteiger charge is -2.32. The summed E-state index contributed by atoms with van der Waals surface area (Å²) in [5, 5.41) is 3.63. The molecular formula is C20H26F3N3O3. The Labute approximate surface area is 167 Å². The van der Waals surface area contributed by atoms with Gasteiger partial charge in [0.2, 0.25) is 5.91 Å². The number of piperidine rings is 1. The van der Waals surface area contributed by atoms with Crippen molar-refractivity contribution in [2.45, 2.75) is 25.4 Å². The molecule has 2 N–H and O–H groups in total. The number of methoxy groups -OCH3 is 1. The number of carbonyl (C=O) groups is 1. The third-order valence-electron chi connectivity index (χ3n) is 5.11. The van der Waals surface area contributed by atoms with Crippen molar-refractivity contribution in [2.24, 2.45) is 5.92 Å². The first-order valence-corrected chi connectivity index (χ1v) is 9.66. The van der Waals surface area contributed by atoms with Gasteiger partial charge in [0.15, 0.2) is 0 Å². The zero-order valence-electron chi connectivity index (χ0n) is 16.3. The van der Waals surface area contributed by atoms with Crippen LogP contribution in [0.1, 0.15) is 19.3 Å². The normalized spacial score (nSPS) is 16.3. The molecule has 1 fully saturated rings. The third kappa shape index (κ3) is 6.37. The molecule has 1 saturated heterocycles. The zero-order chi connectivity index (χ0) is 20.9. The summed E-state index contributed by atoms with van der Waals surface area (Å²) in [6.07, 6.45) is -0.0914. The van der Waals surface area contributed by atoms with Gasteiger partial charge in [-0.25, -0.2) is 0 Å². The predicted octanol–water partition coefficient (Wildman–Crippen LogP) is 3.80. The van der Waals surface area contributed by atoms with Crippen LogP contribution < -0.4 is 10.1 Å². The van der Waals surface area contributed by atoms with Gasteiger partial charge in [-0.3, -0.25) is 9.69 Å². The highest BCUT2D eigenvalue weighted by atomic mass is 19.4. The van der Waals surface area contributed by atoms with E-state index in [0.29, 0.717) is 37.1 Å². The minimum absolute atomic E-state index is 0.0232. The van der Waals surface area contributed by atoms with Crippen LogP contribution in [-0.2, 0) is 9.53 Å². The van der Waals surface area contributed by atoms with Gasteiger partial charge in [-0.15, -0.1) is 0 Å². The molecule has 0 radical (unpaired) electrons. The number of hydrogen-bond donors (Lipinski definition) is 2. The monoisotopic (exact) mass is 413 g/mol. The SMILES string of the molecule is COCC(=O)Nc1c[nH]c2ccc(OCCC3CCN(CC(F)(F)F)CC3)cc12. The topological polar surface area (TPSA) is 66.6 Å². The van der Waals surface area contributed by atoms with E-state index in [1.54, 1.807) is 6.20 Å². The molecule has 1 amide bonds. The smallest absolute Gasteiger partial charge is 0.401 e. The van der Waals surface area contributed by atoms with Crippen LogP contribution >= 0.6 is 0 Å². The molecule has 1 aliphatic rings. The highest BCUT2D eigenvalue weighted by Gasteiger charge is 2.32. The molecule has 1 aromatic carbocycles. The maximum absolute atomic E-state index is 12.5. The Morgan fingerprint density at radius 1 is 1.31 bits per heavy atom. The van der Waals surface area contributed by atoms with Gasteiger partial charge in [0.05, 0.1) is 18.8 Å². The predicted molar refractivity (Wildman–Crippen MR) is 104 cm³/mol. The summed E-state index contributed by atoms with van der Waals surface area (Å²) in [6, 6.07) is 5.60. The van der Waals surface area contributed by atoms with E-state index < -0.39 is 12.7 Å². The number of aromatic nitrogens is 1. The lowest BCUT2D eigenvalue weighted by molar-refractivity contribution is -0.148. The number of amides is 1. The quantitative estimate of drug-likeness (QED) is 0.691. The van der Waals surface area contributed by atoms with Crippen molar-refractivity contribution in [1.82, 2.24) is 9.88 Å². The summed E-state index contributed by atoms with van der Waals surface area (Å²) in [7, 11) is 1.46. The number of nitrogens with zero attached hydrogens (tertiary/aromatic N) is 1. The molecule has 0 spiro atoms. The lowest BCUT2D eigenvalue weighted by atomic mass is 9.94. The first-order valence-electron chi connectivity index (χ1n) is 9.66. The Morgan fingerprint density at radius 3 is 2.76 bits per heavy atom. The Kier molecular flexibility index (Phi) is 7.02. The van der Waals surface area contributed by atoms with Crippen molar-refractivity contribution in [1.29, 1.82) is 0 Å². The molecule has 160 valence electrons. The second-order valence-electron chi connectivity index (χ2n) is 7.36. The van der Waals surface area contributed by atoms with Gasteiger partial charge in [-0.05, 0) is 56.5 Å². The van der Waals surface area contributed by atoms with Gasteiger partial charge in [-0.2, -0.15) is 13.2 Å². The van der Waals surface area contributed by atoms with Crippen molar-refractivity contribution < 1.29 is 27.4 Å². The Balaban J connectivity index is 1.48. The van der Waals surface area contributed by atoms with E-state index in [1.165, 1.54) is 12.0 Å². The summed E-state index contributed by atoms with van der Waals surface area (Å²) >= 11 is 0. The highest BCUT2D eigenvalue weighted by Crippen LogP contribution is 2.28. The summed E-state index contributed by atoms with van der Waals surface area (Å²) in [4.78, 5) is 16.3. The molecule has 0 bridgehead atoms. The van der Waals surface area contributed by atoms with E-state index >= 15 is 0 Å². The number of fused-ring (bicyclic) bond motifs is 1. The van der Waals surface area contributed by atoms with Crippen LogP contribution in [0.4, 0.5) is 18.9 Å². The average Bonchev–Trinajstić information content (AvgIpc) is 3.04. The van der Waals surface area contributed by atoms with E-state index in [9.17, 15) is 18.0 Å². The molecule has 1 aliphatic heterocycles. The largest absolute Gasteiger partial charge is 0.494 e. The number of anilines is 1. The number of nitrogens with one attached hydrogen (secondary N) is 2. The fraction of sp³-hybridized carbons (Fsp3) is 0.550. The lowest BCUT2D eigenvalue weighted by Crippen LogP contribution is -2.40. The van der Waals surface area contributed by atoms with E-state index in [-0.39, 0.29) is 12.5 Å². The molecule has 0 saturated carbocycles. The van der Waals surface area contributed by atoms with Crippen LogP contribution in [0.15, 0.2) is 24.4 Å². The maximum Gasteiger partial charge on any atom is 0.401 e. The molecular weight excluding hydrogens is 387 g/mol. The second kappa shape index (κ2) is 9.49. The molecule has 9 heteroatoms. The minimum atomic E-state index is -4.13. The zero-order valence-corrected chi connectivity index (χ0v) is 16.3. The molecule has 0 unspecified atom stereocenters. The molecule has 3 rings (SSSR count). The van der Waals surface area contributed by atoms with Gasteiger partial charge >= 0.3 is 6.18 Å². The van der Waals surface area contributed by atoms with Gasteiger partial charge in [0.25, 0.3) is 0 Å². The fourth-order valence-electron chi connectivity index (χ4n) is 3.64. The van der Waals surface area contributed by atoms with Gasteiger partial charge in [-0.1, -0.05) is 0 Å². The number of hydrogen-bond acceptors (Lipinski definition) is 4. The van der Waals surface area contributed by atoms with Crippen LogP contribution in [0, 0.1) is 5.92 Å². The molecule has 2 aromatic rings. The number of aromatic amines is 1. The molecule has 2 heterocycles. The Morgan fingerprint density at radius 2 is 2.07 bits per heavy atom. The number of benzene rings is 1. The van der Waals surface area contributed by atoms with Crippen LogP contribution in [0.25, 0.3) is 10.9 Å². The van der Waals surface area contributed by atoms with Gasteiger partial charge < -0.3 is 19.8 Å². The summed E-state index contributed by atoms with van der Waals surface area (Å²) in [5.74, 6) is 0.824. The standard InChI is InChI=1S/C20H26F3N3O3/c1-28-12-19(27)25-18-11-24-17-3-2-15(10-16(17)18)29-9-6-14-4-7-26(8-5-14)13-20(21,22)23/h2-3,10-11,14,24H,4-9,12-13H2,1H3,(H,25,27). The Bertz CT molecular complexity index is 814. The number of ether oxygens (including phenoxy) is 2. The van der Waals surface area contributed by atoms with Crippen molar-refractivity contribution in [3.05, 3.63) is 24.4 Å². The van der Waals surface area contributed by atoms with Crippen molar-refractivity contribution in [3.63, 3.8) is 0 Å². The summed E-state index contributed by atoms with van der Waals surface area (Å²) in [5.41, 5.74) is 1.53. The van der Waals surface area contributed by atoms with Crippen molar-refractivity contribution in [2.75, 3.05) is 45.3 Å². The van der Waals surface area contributed by atoms with Gasteiger partial charge in [0.1, 0.15) is 12.4 Å². The number of rotatable bonds is 8. The maximum atomic E-state index is 12.5. The second-order valence-corrected chi connectivity index (χ2v) is 7.36. The average molecular weight is 413 g/mol. The molecule has 1 aromatic heterocycles. The molecule has 0 atom stereocenters. The summed E-state index contributed by atoms with van der Waals surface area (Å²) < 4.78 is 48.1. The van der Waals surface area contributed by atoms with Crippen LogP contribution in [0.5, 0.6) is 5.75 Å². The highest BCUT2D eigenvalue weighted by molar-refractivity contribution is 6.02. The fourth-order valence-corrected chi connectivity index (χ4v) is 3.64. The van der Waals surface area contributed by atoms with Gasteiger partial charge in [0, 0.05) is 24.2 Å². The number of H-pyrrole nitrogens is 1. The summed E-state index contributed by atoms with van der Waals surface area (Å²) in [6.45, 7) is 0.611. The van der Waals surface area contributed by atoms with E-state index in [0.717, 1.165) is 30.2 Å². The van der Waals surface area contributed by atoms with Crippen molar-refractivity contribution in [3.8, 4) is 5.75 Å². The van der Waals surface area contributed by atoms with Crippen LogP contribution in [0.2, 0.25) is 0 Å². The minimum Gasteiger partial charge on any atom is -0.494 e. The third-order valence-corrected chi connectivity index (χ3v) is 5.11. The van der Waals surface area contributed by atoms with Crippen LogP contribution in [0.3, 0.4) is 0 Å². The number of alkyl halides is 3. The van der Waals surface area contributed by atoms with Crippen molar-refractivity contribution >= 4 is 22.5 Å². The Hall–Kier alpha value is -2.26. The molecule has 29 heavy (non-hydrogen) atoms. The van der Waals surface area contributed by atoms with E-state index in [1.807, 2.05) is 18.2 Å². The number of likely N-dealkylation sites (tertiary alicyclic amines) is 1. The van der Waals surface area contributed by atoms with Crippen LogP contribution in [-0.4, -0.2) is 61.9 Å². The van der Waals surface area contributed by atoms with E-state index in [2.05, 4.69) is 10.3 Å².